The topological polar surface area (TPSA) is 35.9 Å². The number of anilines is 1. The molecule has 0 aliphatic rings. The van der Waals surface area contributed by atoms with Gasteiger partial charge in [-0.25, -0.2) is 0 Å². The van der Waals surface area contributed by atoms with Gasteiger partial charge in [0, 0.05) is 18.9 Å². The van der Waals surface area contributed by atoms with E-state index in [-0.39, 0.29) is 0 Å². The highest BCUT2D eigenvalue weighted by Crippen LogP contribution is 2.12. The van der Waals surface area contributed by atoms with Crippen molar-refractivity contribution in [3.8, 4) is 0 Å². The van der Waals surface area contributed by atoms with Crippen molar-refractivity contribution in [2.24, 2.45) is 0 Å². The van der Waals surface area contributed by atoms with E-state index in [1.165, 1.54) is 6.21 Å². The summed E-state index contributed by atoms with van der Waals surface area (Å²) >= 11 is 0. The van der Waals surface area contributed by atoms with Gasteiger partial charge in [-0.15, -0.1) is 0 Å². The van der Waals surface area contributed by atoms with Gasteiger partial charge in [-0.1, -0.05) is 6.07 Å². The second-order valence-electron chi connectivity index (χ2n) is 2.47. The first-order chi connectivity index (χ1) is 5.27. The van der Waals surface area contributed by atoms with E-state index in [9.17, 15) is 0 Å². The first-order valence-corrected chi connectivity index (χ1v) is 3.57. The molecule has 0 bridgehead atoms. The molecule has 2 heteroatoms. The zero-order chi connectivity index (χ0) is 8.27. The molecule has 1 rings (SSSR count). The zero-order valence-electron chi connectivity index (χ0n) is 6.81. The lowest BCUT2D eigenvalue weighted by Gasteiger charge is -2.03. The number of benzene rings is 1. The highest BCUT2D eigenvalue weighted by molar-refractivity contribution is 5.81. The van der Waals surface area contributed by atoms with Crippen LogP contribution in [0.15, 0.2) is 18.2 Å². The van der Waals surface area contributed by atoms with Crippen molar-refractivity contribution in [2.45, 2.75) is 6.92 Å². The summed E-state index contributed by atoms with van der Waals surface area (Å²) in [6.07, 6.45) is 1.37. The molecule has 1 aromatic carbocycles. The van der Waals surface area contributed by atoms with E-state index in [2.05, 4.69) is 5.32 Å². The molecule has 11 heavy (non-hydrogen) atoms. The third kappa shape index (κ3) is 1.58. The number of hydrogen-bond donors (Lipinski definition) is 2. The number of nitrogens with one attached hydrogen (secondary N) is 2. The summed E-state index contributed by atoms with van der Waals surface area (Å²) in [6.45, 7) is 2.00. The SMILES string of the molecule is CNc1ccc(C)c(C=N)c1. The molecular weight excluding hydrogens is 136 g/mol. The van der Waals surface area contributed by atoms with Gasteiger partial charge >= 0.3 is 0 Å². The average molecular weight is 148 g/mol. The molecule has 1 aromatic rings. The van der Waals surface area contributed by atoms with Crippen LogP contribution in [0.1, 0.15) is 11.1 Å². The van der Waals surface area contributed by atoms with Gasteiger partial charge < -0.3 is 10.7 Å². The first-order valence-electron chi connectivity index (χ1n) is 3.57. The fourth-order valence-electron chi connectivity index (χ4n) is 0.951. The summed E-state index contributed by atoms with van der Waals surface area (Å²) in [5.41, 5.74) is 3.16. The lowest BCUT2D eigenvalue weighted by atomic mass is 10.1. The van der Waals surface area contributed by atoms with Crippen LogP contribution in [-0.4, -0.2) is 13.3 Å². The van der Waals surface area contributed by atoms with E-state index in [4.69, 9.17) is 5.41 Å². The van der Waals surface area contributed by atoms with E-state index >= 15 is 0 Å². The molecule has 58 valence electrons. The van der Waals surface area contributed by atoms with Crippen molar-refractivity contribution in [3.05, 3.63) is 29.3 Å². The Kier molecular flexibility index (Phi) is 2.26. The smallest absolute Gasteiger partial charge is 0.0344 e. The van der Waals surface area contributed by atoms with Crippen LogP contribution >= 0.6 is 0 Å². The summed E-state index contributed by atoms with van der Waals surface area (Å²) in [5.74, 6) is 0. The van der Waals surface area contributed by atoms with Crippen molar-refractivity contribution in [1.82, 2.24) is 0 Å². The van der Waals surface area contributed by atoms with Crippen LogP contribution < -0.4 is 5.32 Å². The Bertz CT molecular complexity index is 266. The maximum atomic E-state index is 7.10. The van der Waals surface area contributed by atoms with Crippen LogP contribution in [0.4, 0.5) is 5.69 Å². The predicted octanol–water partition coefficient (Wildman–Crippen LogP) is 2.03. The fraction of sp³-hybridized carbons (Fsp3) is 0.222. The predicted molar refractivity (Wildman–Crippen MR) is 48.6 cm³/mol. The molecule has 0 atom stereocenters. The van der Waals surface area contributed by atoms with Crippen LogP contribution in [0.3, 0.4) is 0 Å². The lowest BCUT2D eigenvalue weighted by molar-refractivity contribution is 1.41. The fourth-order valence-corrected chi connectivity index (χ4v) is 0.951. The van der Waals surface area contributed by atoms with Crippen LogP contribution in [0.5, 0.6) is 0 Å². The molecule has 2 nitrogen and oxygen atoms in total. The third-order valence-electron chi connectivity index (χ3n) is 1.72. The van der Waals surface area contributed by atoms with Crippen molar-refractivity contribution < 1.29 is 0 Å². The minimum atomic E-state index is 0.969. The second kappa shape index (κ2) is 3.19. The van der Waals surface area contributed by atoms with Crippen molar-refractivity contribution in [1.29, 1.82) is 5.41 Å². The quantitative estimate of drug-likeness (QED) is 0.618. The molecule has 0 unspecified atom stereocenters. The Morgan fingerprint density at radius 3 is 2.73 bits per heavy atom. The summed E-state index contributed by atoms with van der Waals surface area (Å²) < 4.78 is 0. The molecule has 0 amide bonds. The summed E-state index contributed by atoms with van der Waals surface area (Å²) in [6, 6.07) is 5.97. The van der Waals surface area contributed by atoms with Gasteiger partial charge in [0.25, 0.3) is 0 Å². The van der Waals surface area contributed by atoms with Gasteiger partial charge in [0.1, 0.15) is 0 Å². The molecule has 0 aliphatic carbocycles. The maximum absolute atomic E-state index is 7.10. The minimum absolute atomic E-state index is 0.969. The van der Waals surface area contributed by atoms with Crippen LogP contribution in [-0.2, 0) is 0 Å². The number of hydrogen-bond acceptors (Lipinski definition) is 2. The molecule has 0 fully saturated rings. The normalized spacial score (nSPS) is 9.27. The second-order valence-corrected chi connectivity index (χ2v) is 2.47. The zero-order valence-corrected chi connectivity index (χ0v) is 6.81. The summed E-state index contributed by atoms with van der Waals surface area (Å²) in [4.78, 5) is 0. The molecular formula is C9H12N2. The Morgan fingerprint density at radius 1 is 1.45 bits per heavy atom. The molecule has 0 saturated heterocycles. The molecule has 0 spiro atoms. The monoisotopic (exact) mass is 148 g/mol. The van der Waals surface area contributed by atoms with E-state index < -0.39 is 0 Å². The Morgan fingerprint density at radius 2 is 2.18 bits per heavy atom. The van der Waals surface area contributed by atoms with Crippen molar-refractivity contribution >= 4 is 11.9 Å². The van der Waals surface area contributed by atoms with Crippen LogP contribution in [0, 0.1) is 12.3 Å². The van der Waals surface area contributed by atoms with E-state index in [1.807, 2.05) is 32.2 Å². The largest absolute Gasteiger partial charge is 0.388 e. The standard InChI is InChI=1S/C9H12N2/c1-7-3-4-9(11-2)5-8(7)6-10/h3-6,10-11H,1-2H3. The molecule has 0 saturated carbocycles. The Balaban J connectivity index is 3.12. The Hall–Kier alpha value is -1.31. The van der Waals surface area contributed by atoms with Crippen molar-refractivity contribution in [2.75, 3.05) is 12.4 Å². The molecule has 0 aromatic heterocycles. The van der Waals surface area contributed by atoms with Crippen LogP contribution in [0.2, 0.25) is 0 Å². The Labute approximate surface area is 66.8 Å². The average Bonchev–Trinajstić information content (AvgIpc) is 2.05. The molecule has 0 aliphatic heterocycles. The van der Waals surface area contributed by atoms with Gasteiger partial charge in [0.15, 0.2) is 0 Å². The van der Waals surface area contributed by atoms with Crippen molar-refractivity contribution in [3.63, 3.8) is 0 Å². The van der Waals surface area contributed by atoms with Crippen LogP contribution in [0.25, 0.3) is 0 Å². The molecule has 2 N–H and O–H groups in total. The van der Waals surface area contributed by atoms with E-state index in [0.29, 0.717) is 0 Å². The highest BCUT2D eigenvalue weighted by Gasteiger charge is 1.94. The molecule has 0 radical (unpaired) electrons. The summed E-state index contributed by atoms with van der Waals surface area (Å²) in [7, 11) is 1.87. The maximum Gasteiger partial charge on any atom is 0.0344 e. The number of aryl methyl sites for hydroxylation is 1. The minimum Gasteiger partial charge on any atom is -0.388 e. The first kappa shape index (κ1) is 7.79. The van der Waals surface area contributed by atoms with E-state index in [1.54, 1.807) is 0 Å². The van der Waals surface area contributed by atoms with Gasteiger partial charge in [-0.3, -0.25) is 0 Å². The lowest BCUT2D eigenvalue weighted by Crippen LogP contribution is -1.91. The summed E-state index contributed by atoms with van der Waals surface area (Å²) in [5, 5.41) is 10.1. The number of rotatable bonds is 2. The third-order valence-corrected chi connectivity index (χ3v) is 1.72. The van der Waals surface area contributed by atoms with Gasteiger partial charge in [-0.05, 0) is 30.2 Å². The highest BCUT2D eigenvalue weighted by atomic mass is 14.8. The molecule has 0 heterocycles. The van der Waals surface area contributed by atoms with Gasteiger partial charge in [0.2, 0.25) is 0 Å². The van der Waals surface area contributed by atoms with Gasteiger partial charge in [-0.2, -0.15) is 0 Å². The van der Waals surface area contributed by atoms with E-state index in [0.717, 1.165) is 16.8 Å². The van der Waals surface area contributed by atoms with Gasteiger partial charge in [0.05, 0.1) is 0 Å².